The number of para-hydroxylation sites is 1. The van der Waals surface area contributed by atoms with E-state index in [9.17, 15) is 14.7 Å². The molecule has 4 aromatic rings. The summed E-state index contributed by atoms with van der Waals surface area (Å²) in [6.45, 7) is -0.423. The Labute approximate surface area is 202 Å². The molecule has 4 rings (SSSR count). The highest BCUT2D eigenvalue weighted by Gasteiger charge is 2.15. The third kappa shape index (κ3) is 6.05. The standard InChI is InChI=1S/C27H25N3O5/c1-34-24-14-12-19(16-23(24)31)13-15-27(33)35-18-26(32)28-25-17-22(20-8-4-2-5-9-20)29-30(25)21-10-6-3-7-11-21/h2-12,14,16-17,31H,13,15,18H2,1H3,(H,28,32). The average molecular weight is 472 g/mol. The van der Waals surface area contributed by atoms with Crippen LogP contribution in [-0.2, 0) is 20.7 Å². The number of amides is 1. The van der Waals surface area contributed by atoms with Crippen LogP contribution in [0.5, 0.6) is 11.5 Å². The summed E-state index contributed by atoms with van der Waals surface area (Å²) in [4.78, 5) is 24.7. The second-order valence-corrected chi connectivity index (χ2v) is 7.74. The summed E-state index contributed by atoms with van der Waals surface area (Å²) >= 11 is 0. The van der Waals surface area contributed by atoms with E-state index in [-0.39, 0.29) is 12.2 Å². The number of phenolic OH excluding ortho intramolecular Hbond substituents is 1. The number of phenols is 1. The zero-order valence-corrected chi connectivity index (χ0v) is 19.2. The Morgan fingerprint density at radius 2 is 1.69 bits per heavy atom. The molecule has 0 unspecified atom stereocenters. The quantitative estimate of drug-likeness (QED) is 0.352. The summed E-state index contributed by atoms with van der Waals surface area (Å²) in [6.07, 6.45) is 0.429. The van der Waals surface area contributed by atoms with E-state index in [2.05, 4.69) is 10.4 Å². The second-order valence-electron chi connectivity index (χ2n) is 7.74. The number of esters is 1. The van der Waals surface area contributed by atoms with Crippen molar-refractivity contribution in [2.45, 2.75) is 12.8 Å². The van der Waals surface area contributed by atoms with Crippen molar-refractivity contribution in [1.82, 2.24) is 9.78 Å². The van der Waals surface area contributed by atoms with Gasteiger partial charge in [0.05, 0.1) is 18.5 Å². The zero-order valence-electron chi connectivity index (χ0n) is 19.2. The van der Waals surface area contributed by atoms with Gasteiger partial charge in [0.15, 0.2) is 18.1 Å². The molecule has 0 saturated heterocycles. The number of nitrogens with zero attached hydrogens (tertiary/aromatic N) is 2. The van der Waals surface area contributed by atoms with Gasteiger partial charge in [0, 0.05) is 18.1 Å². The SMILES string of the molecule is COc1ccc(CCC(=O)OCC(=O)Nc2cc(-c3ccccc3)nn2-c2ccccc2)cc1O. The number of methoxy groups -OCH3 is 1. The van der Waals surface area contributed by atoms with Crippen LogP contribution in [-0.4, -0.2) is 40.5 Å². The van der Waals surface area contributed by atoms with E-state index in [1.807, 2.05) is 60.7 Å². The van der Waals surface area contributed by atoms with Crippen LogP contribution in [0.25, 0.3) is 16.9 Å². The zero-order chi connectivity index (χ0) is 24.6. The fraction of sp³-hybridized carbons (Fsp3) is 0.148. The van der Waals surface area contributed by atoms with Gasteiger partial charge in [-0.25, -0.2) is 4.68 Å². The predicted octanol–water partition coefficient (Wildman–Crippen LogP) is 4.37. The Kier molecular flexibility index (Phi) is 7.42. The number of carbonyl (C=O) groups excluding carboxylic acids is 2. The first-order chi connectivity index (χ1) is 17.0. The molecule has 1 aromatic heterocycles. The lowest BCUT2D eigenvalue weighted by atomic mass is 10.1. The van der Waals surface area contributed by atoms with Crippen LogP contribution in [0.1, 0.15) is 12.0 Å². The summed E-state index contributed by atoms with van der Waals surface area (Å²) in [5.74, 6) is -0.167. The van der Waals surface area contributed by atoms with Crippen LogP contribution in [0.2, 0.25) is 0 Å². The molecule has 8 nitrogen and oxygen atoms in total. The van der Waals surface area contributed by atoms with E-state index < -0.39 is 18.5 Å². The van der Waals surface area contributed by atoms with Gasteiger partial charge in [-0.1, -0.05) is 54.6 Å². The Morgan fingerprint density at radius 1 is 0.971 bits per heavy atom. The van der Waals surface area contributed by atoms with Crippen molar-refractivity contribution in [2.24, 2.45) is 0 Å². The van der Waals surface area contributed by atoms with Crippen molar-refractivity contribution in [3.63, 3.8) is 0 Å². The highest BCUT2D eigenvalue weighted by molar-refractivity contribution is 5.93. The Bertz CT molecular complexity index is 1300. The minimum Gasteiger partial charge on any atom is -0.504 e. The molecule has 0 atom stereocenters. The third-order valence-electron chi connectivity index (χ3n) is 5.27. The summed E-state index contributed by atoms with van der Waals surface area (Å²) in [5, 5.41) is 17.3. The monoisotopic (exact) mass is 471 g/mol. The van der Waals surface area contributed by atoms with Crippen LogP contribution in [0.3, 0.4) is 0 Å². The molecular weight excluding hydrogens is 446 g/mol. The van der Waals surface area contributed by atoms with Gasteiger partial charge in [-0.3, -0.25) is 9.59 Å². The molecule has 0 spiro atoms. The van der Waals surface area contributed by atoms with Crippen LogP contribution in [0.15, 0.2) is 84.9 Å². The molecule has 0 saturated carbocycles. The second kappa shape index (κ2) is 11.0. The highest BCUT2D eigenvalue weighted by atomic mass is 16.5. The van der Waals surface area contributed by atoms with E-state index in [0.29, 0.717) is 23.7 Å². The van der Waals surface area contributed by atoms with Crippen molar-refractivity contribution in [3.8, 4) is 28.4 Å². The average Bonchev–Trinajstić information content (AvgIpc) is 3.31. The van der Waals surface area contributed by atoms with Crippen LogP contribution in [0, 0.1) is 0 Å². The van der Waals surface area contributed by atoms with Crippen LogP contribution >= 0.6 is 0 Å². The smallest absolute Gasteiger partial charge is 0.306 e. The van der Waals surface area contributed by atoms with Crippen molar-refractivity contribution in [3.05, 3.63) is 90.5 Å². The Hall–Kier alpha value is -4.59. The highest BCUT2D eigenvalue weighted by Crippen LogP contribution is 2.27. The number of aromatic nitrogens is 2. The third-order valence-corrected chi connectivity index (χ3v) is 5.27. The van der Waals surface area contributed by atoms with Gasteiger partial charge in [-0.15, -0.1) is 0 Å². The molecule has 1 heterocycles. The van der Waals surface area contributed by atoms with Crippen molar-refractivity contribution >= 4 is 17.7 Å². The minimum absolute atomic E-state index is 0.00245. The van der Waals surface area contributed by atoms with E-state index >= 15 is 0 Å². The lowest BCUT2D eigenvalue weighted by molar-refractivity contribution is -0.147. The number of rotatable bonds is 9. The van der Waals surface area contributed by atoms with E-state index in [4.69, 9.17) is 9.47 Å². The van der Waals surface area contributed by atoms with Gasteiger partial charge >= 0.3 is 5.97 Å². The molecule has 178 valence electrons. The number of anilines is 1. The number of hydrogen-bond donors (Lipinski definition) is 2. The molecule has 1 amide bonds. The van der Waals surface area contributed by atoms with Gasteiger partial charge in [0.1, 0.15) is 5.82 Å². The van der Waals surface area contributed by atoms with Crippen molar-refractivity contribution < 1.29 is 24.2 Å². The van der Waals surface area contributed by atoms with Gasteiger partial charge in [0.2, 0.25) is 0 Å². The number of carbonyl (C=O) groups is 2. The molecule has 0 aliphatic rings. The predicted molar refractivity (Wildman–Crippen MR) is 132 cm³/mol. The van der Waals surface area contributed by atoms with E-state index in [1.54, 1.807) is 22.9 Å². The maximum atomic E-state index is 12.6. The lowest BCUT2D eigenvalue weighted by Gasteiger charge is -2.09. The molecule has 0 aliphatic carbocycles. The van der Waals surface area contributed by atoms with E-state index in [1.165, 1.54) is 13.2 Å². The summed E-state index contributed by atoms with van der Waals surface area (Å²) in [5.41, 5.74) is 3.15. The first kappa shape index (κ1) is 23.6. The summed E-state index contributed by atoms with van der Waals surface area (Å²) in [7, 11) is 1.46. The number of nitrogens with one attached hydrogen (secondary N) is 1. The molecule has 0 fully saturated rings. The molecule has 0 aliphatic heterocycles. The number of hydrogen-bond acceptors (Lipinski definition) is 6. The fourth-order valence-electron chi connectivity index (χ4n) is 3.52. The topological polar surface area (TPSA) is 103 Å². The van der Waals surface area contributed by atoms with Gasteiger partial charge in [-0.2, -0.15) is 5.10 Å². The number of aryl methyl sites for hydroxylation is 1. The number of ether oxygens (including phenoxy) is 2. The minimum atomic E-state index is -0.517. The van der Waals surface area contributed by atoms with E-state index in [0.717, 1.165) is 16.8 Å². The first-order valence-corrected chi connectivity index (χ1v) is 11.1. The lowest BCUT2D eigenvalue weighted by Crippen LogP contribution is -2.22. The Morgan fingerprint density at radius 3 is 2.37 bits per heavy atom. The summed E-state index contributed by atoms with van der Waals surface area (Å²) in [6, 6.07) is 25.8. The summed E-state index contributed by atoms with van der Waals surface area (Å²) < 4.78 is 11.8. The number of aromatic hydroxyl groups is 1. The molecule has 0 bridgehead atoms. The molecular formula is C27H25N3O5. The molecule has 0 radical (unpaired) electrons. The van der Waals surface area contributed by atoms with Gasteiger partial charge in [0.25, 0.3) is 5.91 Å². The maximum Gasteiger partial charge on any atom is 0.306 e. The van der Waals surface area contributed by atoms with Gasteiger partial charge < -0.3 is 19.9 Å². The maximum absolute atomic E-state index is 12.6. The van der Waals surface area contributed by atoms with Crippen molar-refractivity contribution in [2.75, 3.05) is 19.0 Å². The van der Waals surface area contributed by atoms with Crippen molar-refractivity contribution in [1.29, 1.82) is 0 Å². The Balaban J connectivity index is 1.38. The molecule has 3 aromatic carbocycles. The van der Waals surface area contributed by atoms with Crippen LogP contribution in [0.4, 0.5) is 5.82 Å². The number of benzene rings is 3. The normalized spacial score (nSPS) is 10.5. The largest absolute Gasteiger partial charge is 0.504 e. The molecule has 2 N–H and O–H groups in total. The first-order valence-electron chi connectivity index (χ1n) is 11.1. The molecule has 8 heteroatoms. The van der Waals surface area contributed by atoms with Crippen LogP contribution < -0.4 is 10.1 Å². The molecule has 35 heavy (non-hydrogen) atoms. The fourth-order valence-corrected chi connectivity index (χ4v) is 3.52. The van der Waals surface area contributed by atoms with Gasteiger partial charge in [-0.05, 0) is 36.2 Å².